The molecule has 0 heterocycles. The molecule has 2 rings (SSSR count). The molecule has 20 heavy (non-hydrogen) atoms. The molecule has 0 amide bonds. The van der Waals surface area contributed by atoms with E-state index in [1.54, 1.807) is 12.1 Å². The molecule has 0 atom stereocenters. The van der Waals surface area contributed by atoms with Crippen LogP contribution in [0.5, 0.6) is 5.75 Å². The summed E-state index contributed by atoms with van der Waals surface area (Å²) in [5, 5.41) is 3.24. The highest BCUT2D eigenvalue weighted by atomic mass is 19.4. The molecule has 1 fully saturated rings. The summed E-state index contributed by atoms with van der Waals surface area (Å²) in [5.41, 5.74) is 6.65. The molecular formula is C14H19F3N2O. The molecule has 6 heteroatoms. The third-order valence-electron chi connectivity index (χ3n) is 3.57. The zero-order valence-corrected chi connectivity index (χ0v) is 11.1. The summed E-state index contributed by atoms with van der Waals surface area (Å²) in [6.07, 6.45) is -0.349. The van der Waals surface area contributed by atoms with Crippen molar-refractivity contribution in [2.45, 2.75) is 38.1 Å². The number of anilines is 1. The summed E-state index contributed by atoms with van der Waals surface area (Å²) in [7, 11) is 0. The molecule has 0 bridgehead atoms. The van der Waals surface area contributed by atoms with E-state index >= 15 is 0 Å². The molecule has 0 unspecified atom stereocenters. The highest BCUT2D eigenvalue weighted by Crippen LogP contribution is 2.26. The van der Waals surface area contributed by atoms with E-state index in [0.29, 0.717) is 12.0 Å². The average Bonchev–Trinajstić information content (AvgIpc) is 2.38. The molecule has 1 aliphatic rings. The molecule has 0 radical (unpaired) electrons. The van der Waals surface area contributed by atoms with Gasteiger partial charge in [-0.25, -0.2) is 0 Å². The lowest BCUT2D eigenvalue weighted by Crippen LogP contribution is -2.29. The van der Waals surface area contributed by atoms with Crippen LogP contribution < -0.4 is 15.8 Å². The molecule has 3 N–H and O–H groups in total. The number of rotatable bonds is 4. The molecule has 0 saturated heterocycles. The number of benzene rings is 1. The van der Waals surface area contributed by atoms with Crippen LogP contribution in [0.25, 0.3) is 0 Å². The van der Waals surface area contributed by atoms with Crippen molar-refractivity contribution < 1.29 is 17.9 Å². The lowest BCUT2D eigenvalue weighted by Gasteiger charge is -2.26. The van der Waals surface area contributed by atoms with Crippen LogP contribution in [0.1, 0.15) is 25.7 Å². The van der Waals surface area contributed by atoms with E-state index in [-0.39, 0.29) is 5.75 Å². The van der Waals surface area contributed by atoms with Gasteiger partial charge in [0, 0.05) is 18.3 Å². The maximum absolute atomic E-state index is 12.0. The van der Waals surface area contributed by atoms with Crippen LogP contribution in [0.3, 0.4) is 0 Å². The molecule has 0 aromatic heterocycles. The van der Waals surface area contributed by atoms with E-state index in [4.69, 9.17) is 5.73 Å². The van der Waals surface area contributed by atoms with E-state index < -0.39 is 6.36 Å². The van der Waals surface area contributed by atoms with Crippen LogP contribution in [-0.2, 0) is 0 Å². The molecule has 1 aromatic carbocycles. The van der Waals surface area contributed by atoms with Gasteiger partial charge in [0.1, 0.15) is 5.75 Å². The second kappa shape index (κ2) is 6.35. The Bertz CT molecular complexity index is 411. The van der Waals surface area contributed by atoms with E-state index in [2.05, 4.69) is 10.1 Å². The summed E-state index contributed by atoms with van der Waals surface area (Å²) in [6.45, 7) is 0.826. The molecule has 1 saturated carbocycles. The first-order chi connectivity index (χ1) is 9.42. The van der Waals surface area contributed by atoms with Gasteiger partial charge < -0.3 is 15.8 Å². The van der Waals surface area contributed by atoms with E-state index in [0.717, 1.165) is 37.9 Å². The summed E-state index contributed by atoms with van der Waals surface area (Å²) < 4.78 is 39.9. The van der Waals surface area contributed by atoms with Crippen molar-refractivity contribution >= 4 is 5.69 Å². The average molecular weight is 288 g/mol. The van der Waals surface area contributed by atoms with Crippen LogP contribution >= 0.6 is 0 Å². The summed E-state index contributed by atoms with van der Waals surface area (Å²) in [6, 6.07) is 6.13. The fourth-order valence-corrected chi connectivity index (χ4v) is 2.43. The van der Waals surface area contributed by atoms with Gasteiger partial charge in [0.05, 0.1) is 0 Å². The van der Waals surface area contributed by atoms with Gasteiger partial charge in [-0.1, -0.05) is 0 Å². The minimum Gasteiger partial charge on any atom is -0.406 e. The highest BCUT2D eigenvalue weighted by Gasteiger charge is 2.30. The molecule has 1 aliphatic carbocycles. The van der Waals surface area contributed by atoms with Gasteiger partial charge in [0.25, 0.3) is 0 Å². The van der Waals surface area contributed by atoms with Gasteiger partial charge in [-0.05, 0) is 55.9 Å². The number of hydrogen-bond acceptors (Lipinski definition) is 3. The lowest BCUT2D eigenvalue weighted by molar-refractivity contribution is -0.274. The van der Waals surface area contributed by atoms with Gasteiger partial charge >= 0.3 is 6.36 Å². The fourth-order valence-electron chi connectivity index (χ4n) is 2.43. The van der Waals surface area contributed by atoms with Gasteiger partial charge in [-0.15, -0.1) is 13.2 Å². The minimum absolute atomic E-state index is 0.202. The summed E-state index contributed by atoms with van der Waals surface area (Å²) >= 11 is 0. The zero-order chi connectivity index (χ0) is 14.6. The van der Waals surface area contributed by atoms with Crippen molar-refractivity contribution in [3.8, 4) is 5.75 Å². The topological polar surface area (TPSA) is 47.3 Å². The number of hydrogen-bond donors (Lipinski definition) is 2. The molecular weight excluding hydrogens is 269 g/mol. The first kappa shape index (κ1) is 15.0. The van der Waals surface area contributed by atoms with Crippen LogP contribution in [0, 0.1) is 5.92 Å². The van der Waals surface area contributed by atoms with Crippen molar-refractivity contribution in [2.75, 3.05) is 11.9 Å². The predicted molar refractivity (Wildman–Crippen MR) is 71.5 cm³/mol. The van der Waals surface area contributed by atoms with Gasteiger partial charge in [0.2, 0.25) is 0 Å². The monoisotopic (exact) mass is 288 g/mol. The van der Waals surface area contributed by atoms with E-state index in [9.17, 15) is 13.2 Å². The standard InChI is InChI=1S/C14H19F3N2O/c15-14(16,17)20-13-7-5-12(6-8-13)19-9-10-1-3-11(18)4-2-10/h5-8,10-11,19H,1-4,9,18H2/t10-,11-. The first-order valence-electron chi connectivity index (χ1n) is 6.77. The third-order valence-corrected chi connectivity index (χ3v) is 3.57. The van der Waals surface area contributed by atoms with Crippen LogP contribution in [0.2, 0.25) is 0 Å². The van der Waals surface area contributed by atoms with E-state index in [1.807, 2.05) is 0 Å². The Balaban J connectivity index is 1.79. The van der Waals surface area contributed by atoms with Crippen LogP contribution in [0.4, 0.5) is 18.9 Å². The maximum Gasteiger partial charge on any atom is 0.573 e. The number of nitrogens with two attached hydrogens (primary N) is 1. The number of nitrogens with one attached hydrogen (secondary N) is 1. The summed E-state index contributed by atoms with van der Waals surface area (Å²) in [4.78, 5) is 0. The zero-order valence-electron chi connectivity index (χ0n) is 11.1. The quantitative estimate of drug-likeness (QED) is 0.891. The Labute approximate surface area is 116 Å². The smallest absolute Gasteiger partial charge is 0.406 e. The Kier molecular flexibility index (Phi) is 4.75. The largest absolute Gasteiger partial charge is 0.573 e. The second-order valence-corrected chi connectivity index (χ2v) is 5.23. The number of ether oxygens (including phenoxy) is 1. The van der Waals surface area contributed by atoms with Crippen molar-refractivity contribution in [3.05, 3.63) is 24.3 Å². The van der Waals surface area contributed by atoms with Gasteiger partial charge in [0.15, 0.2) is 0 Å². The Hall–Kier alpha value is -1.43. The predicted octanol–water partition coefficient (Wildman–Crippen LogP) is 3.51. The number of alkyl halides is 3. The van der Waals surface area contributed by atoms with Crippen LogP contribution in [0.15, 0.2) is 24.3 Å². The highest BCUT2D eigenvalue weighted by molar-refractivity contribution is 5.46. The molecule has 3 nitrogen and oxygen atoms in total. The molecule has 0 aliphatic heterocycles. The fraction of sp³-hybridized carbons (Fsp3) is 0.571. The molecule has 112 valence electrons. The minimum atomic E-state index is -4.64. The Morgan fingerprint density at radius 3 is 2.25 bits per heavy atom. The Morgan fingerprint density at radius 1 is 1.10 bits per heavy atom. The maximum atomic E-state index is 12.0. The first-order valence-corrected chi connectivity index (χ1v) is 6.77. The number of halogens is 3. The third kappa shape index (κ3) is 4.92. The lowest BCUT2D eigenvalue weighted by atomic mass is 9.86. The second-order valence-electron chi connectivity index (χ2n) is 5.23. The van der Waals surface area contributed by atoms with E-state index in [1.165, 1.54) is 12.1 Å². The Morgan fingerprint density at radius 2 is 1.70 bits per heavy atom. The van der Waals surface area contributed by atoms with Crippen LogP contribution in [-0.4, -0.2) is 18.9 Å². The summed E-state index contributed by atoms with van der Waals surface area (Å²) in [5.74, 6) is 0.382. The SMILES string of the molecule is N[C@H]1CC[C@H](CNc2ccc(OC(F)(F)F)cc2)CC1. The molecule has 1 aromatic rings. The van der Waals surface area contributed by atoms with Crippen molar-refractivity contribution in [2.24, 2.45) is 11.7 Å². The van der Waals surface area contributed by atoms with Gasteiger partial charge in [-0.2, -0.15) is 0 Å². The normalized spacial score (nSPS) is 23.4. The van der Waals surface area contributed by atoms with Crippen molar-refractivity contribution in [1.29, 1.82) is 0 Å². The van der Waals surface area contributed by atoms with Crippen molar-refractivity contribution in [3.63, 3.8) is 0 Å². The van der Waals surface area contributed by atoms with Crippen molar-refractivity contribution in [1.82, 2.24) is 0 Å². The van der Waals surface area contributed by atoms with Gasteiger partial charge in [-0.3, -0.25) is 0 Å². The molecule has 0 spiro atoms.